The number of aryl methyl sites for hydroxylation is 1. The summed E-state index contributed by atoms with van der Waals surface area (Å²) in [6, 6.07) is 5.27. The molecular weight excluding hydrogens is 404 g/mol. The molecule has 9 heteroatoms. The van der Waals surface area contributed by atoms with Crippen molar-refractivity contribution < 1.29 is 18.7 Å². The molecule has 0 aromatic carbocycles. The number of furan rings is 1. The van der Waals surface area contributed by atoms with E-state index in [9.17, 15) is 9.59 Å². The van der Waals surface area contributed by atoms with E-state index in [0.29, 0.717) is 34.6 Å². The van der Waals surface area contributed by atoms with E-state index < -0.39 is 5.97 Å². The predicted octanol–water partition coefficient (Wildman–Crippen LogP) is 4.30. The van der Waals surface area contributed by atoms with Crippen molar-refractivity contribution in [3.05, 3.63) is 52.7 Å². The fourth-order valence-corrected chi connectivity index (χ4v) is 3.94. The Balaban J connectivity index is 1.83. The quantitative estimate of drug-likeness (QED) is 0.352. The Hall–Kier alpha value is -2.94. The molecule has 160 valence electrons. The van der Waals surface area contributed by atoms with E-state index in [-0.39, 0.29) is 18.3 Å². The molecule has 0 fully saturated rings. The Kier molecular flexibility index (Phi) is 7.40. The summed E-state index contributed by atoms with van der Waals surface area (Å²) in [7, 11) is 0. The van der Waals surface area contributed by atoms with Crippen molar-refractivity contribution in [2.45, 2.75) is 46.6 Å². The minimum absolute atomic E-state index is 0.235. The average molecular weight is 431 g/mol. The lowest BCUT2D eigenvalue weighted by atomic mass is 10.2. The zero-order valence-electron chi connectivity index (χ0n) is 17.5. The molecule has 1 amide bonds. The van der Waals surface area contributed by atoms with Gasteiger partial charge in [-0.05, 0) is 38.5 Å². The summed E-state index contributed by atoms with van der Waals surface area (Å²) in [4.78, 5) is 31.9. The highest BCUT2D eigenvalue weighted by atomic mass is 32.1. The molecule has 0 radical (unpaired) electrons. The van der Waals surface area contributed by atoms with Crippen LogP contribution in [-0.4, -0.2) is 39.8 Å². The lowest BCUT2D eigenvalue weighted by molar-refractivity contribution is 0.0531. The topological polar surface area (TPSA) is 90.5 Å². The molecule has 0 bridgehead atoms. The van der Waals surface area contributed by atoms with Crippen LogP contribution in [0.2, 0.25) is 0 Å². The van der Waals surface area contributed by atoms with E-state index >= 15 is 0 Å². The zero-order valence-corrected chi connectivity index (χ0v) is 18.3. The lowest BCUT2D eigenvalue weighted by Crippen LogP contribution is -2.31. The van der Waals surface area contributed by atoms with Crippen LogP contribution in [0.1, 0.15) is 64.8 Å². The molecule has 0 saturated heterocycles. The molecule has 0 unspecified atom stereocenters. The van der Waals surface area contributed by atoms with Crippen molar-refractivity contribution in [2.75, 3.05) is 18.1 Å². The van der Waals surface area contributed by atoms with Gasteiger partial charge in [0.1, 0.15) is 10.6 Å². The van der Waals surface area contributed by atoms with Gasteiger partial charge in [-0.3, -0.25) is 14.4 Å². The highest BCUT2D eigenvalue weighted by molar-refractivity contribution is 7.17. The van der Waals surface area contributed by atoms with E-state index in [0.717, 1.165) is 19.3 Å². The minimum atomic E-state index is -0.417. The van der Waals surface area contributed by atoms with Gasteiger partial charge in [-0.2, -0.15) is 5.10 Å². The predicted molar refractivity (Wildman–Crippen MR) is 114 cm³/mol. The minimum Gasteiger partial charge on any atom is -0.462 e. The molecule has 0 spiro atoms. The summed E-state index contributed by atoms with van der Waals surface area (Å²) in [5, 5.41) is 4.63. The van der Waals surface area contributed by atoms with Crippen molar-refractivity contribution in [2.24, 2.45) is 0 Å². The van der Waals surface area contributed by atoms with Crippen LogP contribution in [0.3, 0.4) is 0 Å². The summed E-state index contributed by atoms with van der Waals surface area (Å²) >= 11 is 1.17. The maximum Gasteiger partial charge on any atom is 0.350 e. The van der Waals surface area contributed by atoms with E-state index in [1.165, 1.54) is 11.3 Å². The first-order valence-electron chi connectivity index (χ1n) is 10.1. The van der Waals surface area contributed by atoms with E-state index in [2.05, 4.69) is 17.0 Å². The van der Waals surface area contributed by atoms with Crippen LogP contribution in [0.25, 0.3) is 0 Å². The van der Waals surface area contributed by atoms with Gasteiger partial charge in [-0.15, -0.1) is 0 Å². The van der Waals surface area contributed by atoms with E-state index in [1.54, 1.807) is 41.8 Å². The number of thiazole rings is 1. The number of carbonyl (C=O) groups excluding carboxylic acids is 2. The second kappa shape index (κ2) is 10.2. The normalized spacial score (nSPS) is 10.9. The molecule has 3 aromatic rings. The van der Waals surface area contributed by atoms with Crippen LogP contribution in [0.5, 0.6) is 0 Å². The van der Waals surface area contributed by atoms with Crippen LogP contribution in [0.15, 0.2) is 35.0 Å². The highest BCUT2D eigenvalue weighted by Crippen LogP contribution is 2.29. The molecule has 8 nitrogen and oxygen atoms in total. The summed E-state index contributed by atoms with van der Waals surface area (Å²) in [6.45, 7) is 6.84. The highest BCUT2D eigenvalue weighted by Gasteiger charge is 2.26. The molecule has 0 aliphatic carbocycles. The first-order chi connectivity index (χ1) is 14.5. The number of ether oxygens (including phenoxy) is 1. The van der Waals surface area contributed by atoms with E-state index in [1.807, 2.05) is 12.3 Å². The number of nitrogens with zero attached hydrogens (tertiary/aromatic N) is 4. The van der Waals surface area contributed by atoms with Gasteiger partial charge in [0.2, 0.25) is 0 Å². The standard InChI is InChI=1S/C21H26N4O4S/c1-4-6-7-13-25(21-23-15(3)18(30-21)20(27)28-5-2)19(26)17-10-9-16(29-17)14-24-12-8-11-22-24/h8-12H,4-7,13-14H2,1-3H3. The van der Waals surface area contributed by atoms with Gasteiger partial charge < -0.3 is 9.15 Å². The van der Waals surface area contributed by atoms with Gasteiger partial charge in [0.15, 0.2) is 10.9 Å². The third-order valence-electron chi connectivity index (χ3n) is 4.46. The van der Waals surface area contributed by atoms with Crippen molar-refractivity contribution in [1.82, 2.24) is 14.8 Å². The number of anilines is 1. The number of unbranched alkanes of at least 4 members (excludes halogenated alkanes) is 2. The fraction of sp³-hybridized carbons (Fsp3) is 0.429. The Morgan fingerprint density at radius 2 is 2.10 bits per heavy atom. The van der Waals surface area contributed by atoms with Crippen LogP contribution in [-0.2, 0) is 11.3 Å². The molecule has 0 aliphatic rings. The fourth-order valence-electron chi connectivity index (χ4n) is 2.95. The molecule has 0 aliphatic heterocycles. The number of carbonyl (C=O) groups is 2. The van der Waals surface area contributed by atoms with Gasteiger partial charge in [-0.25, -0.2) is 9.78 Å². The summed E-state index contributed by atoms with van der Waals surface area (Å²) < 4.78 is 12.6. The number of hydrogen-bond acceptors (Lipinski definition) is 7. The van der Waals surface area contributed by atoms with Gasteiger partial charge in [0.25, 0.3) is 5.91 Å². The SMILES string of the molecule is CCCCCN(C(=O)c1ccc(Cn2cccn2)o1)c1nc(C)c(C(=O)OCC)s1. The first-order valence-corrected chi connectivity index (χ1v) is 10.9. The summed E-state index contributed by atoms with van der Waals surface area (Å²) in [6.07, 6.45) is 6.37. The van der Waals surface area contributed by atoms with Crippen molar-refractivity contribution in [1.29, 1.82) is 0 Å². The molecule has 0 atom stereocenters. The second-order valence-electron chi connectivity index (χ2n) is 6.76. The van der Waals surface area contributed by atoms with Crippen molar-refractivity contribution in [3.63, 3.8) is 0 Å². The van der Waals surface area contributed by atoms with Crippen LogP contribution >= 0.6 is 11.3 Å². The zero-order chi connectivity index (χ0) is 21.5. The number of hydrogen-bond donors (Lipinski definition) is 0. The Bertz CT molecular complexity index is 977. The van der Waals surface area contributed by atoms with Crippen molar-refractivity contribution in [3.8, 4) is 0 Å². The van der Waals surface area contributed by atoms with Gasteiger partial charge in [0.05, 0.1) is 18.8 Å². The van der Waals surface area contributed by atoms with Gasteiger partial charge in [0, 0.05) is 18.9 Å². The molecule has 3 aromatic heterocycles. The number of amides is 1. The van der Waals surface area contributed by atoms with Crippen LogP contribution in [0.4, 0.5) is 5.13 Å². The van der Waals surface area contributed by atoms with Crippen molar-refractivity contribution >= 4 is 28.3 Å². The van der Waals surface area contributed by atoms with Gasteiger partial charge >= 0.3 is 5.97 Å². The van der Waals surface area contributed by atoms with Gasteiger partial charge in [-0.1, -0.05) is 31.1 Å². The Morgan fingerprint density at radius 1 is 1.27 bits per heavy atom. The lowest BCUT2D eigenvalue weighted by Gasteiger charge is -2.18. The third-order valence-corrected chi connectivity index (χ3v) is 5.62. The smallest absolute Gasteiger partial charge is 0.350 e. The summed E-state index contributed by atoms with van der Waals surface area (Å²) in [5.74, 6) is 0.179. The Labute approximate surface area is 179 Å². The molecule has 0 N–H and O–H groups in total. The second-order valence-corrected chi connectivity index (χ2v) is 7.74. The monoisotopic (exact) mass is 430 g/mol. The summed E-state index contributed by atoms with van der Waals surface area (Å²) in [5.41, 5.74) is 0.556. The van der Waals surface area contributed by atoms with Crippen LogP contribution in [0, 0.1) is 6.92 Å². The first kappa shape index (κ1) is 21.8. The van der Waals surface area contributed by atoms with E-state index in [4.69, 9.17) is 9.15 Å². The third kappa shape index (κ3) is 5.15. The number of esters is 1. The Morgan fingerprint density at radius 3 is 2.80 bits per heavy atom. The maximum absolute atomic E-state index is 13.2. The molecular formula is C21H26N4O4S. The van der Waals surface area contributed by atoms with Crippen LogP contribution < -0.4 is 4.90 Å². The molecule has 0 saturated carbocycles. The molecule has 30 heavy (non-hydrogen) atoms. The maximum atomic E-state index is 13.2. The molecule has 3 heterocycles. The number of aromatic nitrogens is 3. The largest absolute Gasteiger partial charge is 0.462 e. The average Bonchev–Trinajstić information content (AvgIpc) is 3.47. The molecule has 3 rings (SSSR count). The number of rotatable bonds is 10.